The molecule has 2 N–H and O–H groups in total. The maximum Gasteiger partial charge on any atom is 0.315 e. The Morgan fingerprint density at radius 1 is 1.20 bits per heavy atom. The van der Waals surface area contributed by atoms with E-state index < -0.39 is 6.04 Å². The molecule has 0 rings (SSSR count). The monoisotopic (exact) mass is 215 g/mol. The van der Waals surface area contributed by atoms with Crippen LogP contribution in [0.2, 0.25) is 0 Å². The molecule has 1 atom stereocenters. The summed E-state index contributed by atoms with van der Waals surface area (Å²) in [6.45, 7) is 7.93. The standard InChI is InChI=1S/C10H21N3O2/c1-6-13(5)9(14)8(4)12-10(15)11-7(2)3/h7-8H,6H2,1-5H3,(H2,11,12,15). The van der Waals surface area contributed by atoms with Crippen molar-refractivity contribution in [1.82, 2.24) is 15.5 Å². The maximum atomic E-state index is 11.6. The highest BCUT2D eigenvalue weighted by atomic mass is 16.2. The van der Waals surface area contributed by atoms with Crippen molar-refractivity contribution in [1.29, 1.82) is 0 Å². The molecule has 0 aromatic rings. The van der Waals surface area contributed by atoms with Crippen LogP contribution in [0.25, 0.3) is 0 Å². The summed E-state index contributed by atoms with van der Waals surface area (Å²) in [6.07, 6.45) is 0. The van der Waals surface area contributed by atoms with Gasteiger partial charge in [0.15, 0.2) is 0 Å². The van der Waals surface area contributed by atoms with Crippen molar-refractivity contribution >= 4 is 11.9 Å². The molecule has 0 heterocycles. The van der Waals surface area contributed by atoms with Gasteiger partial charge < -0.3 is 15.5 Å². The first-order valence-electron chi connectivity index (χ1n) is 5.20. The number of likely N-dealkylation sites (N-methyl/N-ethyl adjacent to an activating group) is 1. The van der Waals surface area contributed by atoms with E-state index in [4.69, 9.17) is 0 Å². The number of rotatable bonds is 4. The van der Waals surface area contributed by atoms with Gasteiger partial charge in [-0.3, -0.25) is 4.79 Å². The smallest absolute Gasteiger partial charge is 0.315 e. The summed E-state index contributed by atoms with van der Waals surface area (Å²) in [5.74, 6) is -0.0867. The van der Waals surface area contributed by atoms with Gasteiger partial charge in [0.05, 0.1) is 0 Å². The van der Waals surface area contributed by atoms with Crippen LogP contribution in [-0.4, -0.2) is 42.5 Å². The minimum absolute atomic E-state index is 0.0659. The van der Waals surface area contributed by atoms with Gasteiger partial charge in [0.25, 0.3) is 0 Å². The van der Waals surface area contributed by atoms with Crippen molar-refractivity contribution in [2.45, 2.75) is 39.8 Å². The molecule has 0 aromatic carbocycles. The molecule has 1 unspecified atom stereocenters. The molecule has 15 heavy (non-hydrogen) atoms. The molecule has 88 valence electrons. The Morgan fingerprint density at radius 3 is 2.13 bits per heavy atom. The van der Waals surface area contributed by atoms with Gasteiger partial charge in [-0.25, -0.2) is 4.79 Å². The molecule has 0 spiro atoms. The molecule has 3 amide bonds. The number of urea groups is 1. The highest BCUT2D eigenvalue weighted by Gasteiger charge is 2.18. The van der Waals surface area contributed by atoms with Crippen molar-refractivity contribution in [3.63, 3.8) is 0 Å². The summed E-state index contributed by atoms with van der Waals surface area (Å²) in [5.41, 5.74) is 0. The lowest BCUT2D eigenvalue weighted by Crippen LogP contribution is -2.50. The van der Waals surface area contributed by atoms with E-state index in [1.54, 1.807) is 18.9 Å². The van der Waals surface area contributed by atoms with Crippen LogP contribution in [0.1, 0.15) is 27.7 Å². The van der Waals surface area contributed by atoms with Crippen LogP contribution in [-0.2, 0) is 4.79 Å². The first-order chi connectivity index (χ1) is 6.88. The van der Waals surface area contributed by atoms with E-state index in [0.717, 1.165) is 0 Å². The zero-order chi connectivity index (χ0) is 12.0. The van der Waals surface area contributed by atoms with Crippen LogP contribution >= 0.6 is 0 Å². The Balaban J connectivity index is 4.07. The van der Waals surface area contributed by atoms with Gasteiger partial charge in [-0.15, -0.1) is 0 Å². The fourth-order valence-corrected chi connectivity index (χ4v) is 1.05. The first-order valence-corrected chi connectivity index (χ1v) is 5.20. The lowest BCUT2D eigenvalue weighted by atomic mass is 10.3. The molecular formula is C10H21N3O2. The molecule has 5 nitrogen and oxygen atoms in total. The molecule has 0 aromatic heterocycles. The quantitative estimate of drug-likeness (QED) is 0.720. The molecule has 0 aliphatic heterocycles. The lowest BCUT2D eigenvalue weighted by molar-refractivity contribution is -0.131. The predicted molar refractivity (Wildman–Crippen MR) is 59.6 cm³/mol. The van der Waals surface area contributed by atoms with Crippen molar-refractivity contribution in [3.8, 4) is 0 Å². The van der Waals surface area contributed by atoms with Crippen LogP contribution in [0.4, 0.5) is 4.79 Å². The number of nitrogens with zero attached hydrogens (tertiary/aromatic N) is 1. The van der Waals surface area contributed by atoms with Crippen molar-refractivity contribution in [3.05, 3.63) is 0 Å². The molecule has 0 saturated heterocycles. The molecule has 0 aliphatic rings. The van der Waals surface area contributed by atoms with E-state index in [-0.39, 0.29) is 18.0 Å². The van der Waals surface area contributed by atoms with Gasteiger partial charge in [0.2, 0.25) is 5.91 Å². The van der Waals surface area contributed by atoms with Gasteiger partial charge in [-0.2, -0.15) is 0 Å². The zero-order valence-electron chi connectivity index (χ0n) is 10.1. The third-order valence-electron chi connectivity index (χ3n) is 1.99. The van der Waals surface area contributed by atoms with Crippen LogP contribution in [0.5, 0.6) is 0 Å². The lowest BCUT2D eigenvalue weighted by Gasteiger charge is -2.21. The van der Waals surface area contributed by atoms with Crippen LogP contribution in [0.15, 0.2) is 0 Å². The summed E-state index contributed by atoms with van der Waals surface area (Å²) >= 11 is 0. The average molecular weight is 215 g/mol. The van der Waals surface area contributed by atoms with Gasteiger partial charge in [0.1, 0.15) is 6.04 Å². The third-order valence-corrected chi connectivity index (χ3v) is 1.99. The van der Waals surface area contributed by atoms with Gasteiger partial charge in [0, 0.05) is 19.6 Å². The topological polar surface area (TPSA) is 61.4 Å². The molecule has 0 aliphatic carbocycles. The second kappa shape index (κ2) is 6.27. The highest BCUT2D eigenvalue weighted by Crippen LogP contribution is 1.91. The van der Waals surface area contributed by atoms with Crippen LogP contribution in [0.3, 0.4) is 0 Å². The minimum Gasteiger partial charge on any atom is -0.344 e. The summed E-state index contributed by atoms with van der Waals surface area (Å²) in [4.78, 5) is 24.4. The van der Waals surface area contributed by atoms with Crippen molar-refractivity contribution in [2.24, 2.45) is 0 Å². The normalized spacial score (nSPS) is 12.1. The first kappa shape index (κ1) is 13.7. The van der Waals surface area contributed by atoms with E-state index in [2.05, 4.69) is 10.6 Å². The fourth-order valence-electron chi connectivity index (χ4n) is 1.05. The van der Waals surface area contributed by atoms with Crippen LogP contribution in [0, 0.1) is 0 Å². The zero-order valence-corrected chi connectivity index (χ0v) is 10.1. The maximum absolute atomic E-state index is 11.6. The van der Waals surface area contributed by atoms with E-state index in [1.807, 2.05) is 20.8 Å². The summed E-state index contributed by atoms with van der Waals surface area (Å²) in [5, 5.41) is 5.25. The summed E-state index contributed by atoms with van der Waals surface area (Å²) in [6, 6.07) is -0.736. The molecule has 0 bridgehead atoms. The van der Waals surface area contributed by atoms with E-state index in [0.29, 0.717) is 6.54 Å². The predicted octanol–water partition coefficient (Wildman–Crippen LogP) is 0.561. The second-order valence-corrected chi connectivity index (χ2v) is 3.85. The number of carbonyl (C=O) groups is 2. The number of nitrogens with one attached hydrogen (secondary N) is 2. The Morgan fingerprint density at radius 2 is 1.73 bits per heavy atom. The average Bonchev–Trinajstić information content (AvgIpc) is 2.13. The molecule has 5 heteroatoms. The highest BCUT2D eigenvalue weighted by molar-refractivity contribution is 5.86. The molecular weight excluding hydrogens is 194 g/mol. The van der Waals surface area contributed by atoms with Gasteiger partial charge in [-0.05, 0) is 27.7 Å². The number of carbonyl (C=O) groups excluding carboxylic acids is 2. The van der Waals surface area contributed by atoms with Crippen molar-refractivity contribution in [2.75, 3.05) is 13.6 Å². The number of hydrogen-bond donors (Lipinski definition) is 2. The number of amides is 3. The Bertz CT molecular complexity index is 229. The van der Waals surface area contributed by atoms with Gasteiger partial charge >= 0.3 is 6.03 Å². The minimum atomic E-state index is -0.492. The Kier molecular flexibility index (Phi) is 5.74. The van der Waals surface area contributed by atoms with Crippen molar-refractivity contribution < 1.29 is 9.59 Å². The Labute approximate surface area is 91.2 Å². The van der Waals surface area contributed by atoms with E-state index in [9.17, 15) is 9.59 Å². The molecule has 0 saturated carbocycles. The summed E-state index contributed by atoms with van der Waals surface area (Å²) < 4.78 is 0. The van der Waals surface area contributed by atoms with Gasteiger partial charge in [-0.1, -0.05) is 0 Å². The second-order valence-electron chi connectivity index (χ2n) is 3.85. The van der Waals surface area contributed by atoms with E-state index in [1.165, 1.54) is 0 Å². The fraction of sp³-hybridized carbons (Fsp3) is 0.800. The van der Waals surface area contributed by atoms with Crippen LogP contribution < -0.4 is 10.6 Å². The molecule has 0 radical (unpaired) electrons. The largest absolute Gasteiger partial charge is 0.344 e. The third kappa shape index (κ3) is 5.24. The van der Waals surface area contributed by atoms with E-state index >= 15 is 0 Å². The SMILES string of the molecule is CCN(C)C(=O)C(C)NC(=O)NC(C)C. The number of hydrogen-bond acceptors (Lipinski definition) is 2. The Hall–Kier alpha value is -1.26. The summed E-state index contributed by atoms with van der Waals surface area (Å²) in [7, 11) is 1.71. The molecule has 0 fully saturated rings.